The van der Waals surface area contributed by atoms with Crippen molar-refractivity contribution in [1.29, 1.82) is 0 Å². The van der Waals surface area contributed by atoms with Gasteiger partial charge in [0.2, 0.25) is 0 Å². The lowest BCUT2D eigenvalue weighted by Gasteiger charge is -2.35. The zero-order chi connectivity index (χ0) is 20.4. The number of fused-ring (bicyclic) bond motifs is 1. The molecule has 7 heteroatoms. The SMILES string of the molecule is Cc1c(C(=O)N2CCN(Cc3cccc4cccnc34)CC2)cccc1[N+](=O)[O-]. The molecule has 1 aliphatic heterocycles. The second-order valence-electron chi connectivity index (χ2n) is 7.27. The maximum absolute atomic E-state index is 12.9. The van der Waals surface area contributed by atoms with Crippen molar-refractivity contribution in [3.63, 3.8) is 0 Å². The van der Waals surface area contributed by atoms with Gasteiger partial charge >= 0.3 is 0 Å². The molecule has 7 nitrogen and oxygen atoms in total. The fraction of sp³-hybridized carbons (Fsp3) is 0.273. The predicted molar refractivity (Wildman–Crippen MR) is 111 cm³/mol. The van der Waals surface area contributed by atoms with Crippen LogP contribution in [0.15, 0.2) is 54.7 Å². The molecule has 4 rings (SSSR count). The minimum Gasteiger partial charge on any atom is -0.336 e. The quantitative estimate of drug-likeness (QED) is 0.504. The highest BCUT2D eigenvalue weighted by molar-refractivity contribution is 5.96. The van der Waals surface area contributed by atoms with Gasteiger partial charge in [-0.1, -0.05) is 30.3 Å². The summed E-state index contributed by atoms with van der Waals surface area (Å²) in [7, 11) is 0. The molecule has 0 bridgehead atoms. The maximum atomic E-state index is 12.9. The van der Waals surface area contributed by atoms with Crippen LogP contribution < -0.4 is 0 Å². The average molecular weight is 390 g/mol. The van der Waals surface area contributed by atoms with Gasteiger partial charge in [-0.2, -0.15) is 0 Å². The summed E-state index contributed by atoms with van der Waals surface area (Å²) in [6.07, 6.45) is 1.81. The van der Waals surface area contributed by atoms with E-state index in [2.05, 4.69) is 28.1 Å². The number of nitrogens with zero attached hydrogens (tertiary/aromatic N) is 4. The smallest absolute Gasteiger partial charge is 0.273 e. The Morgan fingerprint density at radius 2 is 1.79 bits per heavy atom. The summed E-state index contributed by atoms with van der Waals surface area (Å²) < 4.78 is 0. The average Bonchev–Trinajstić information content (AvgIpc) is 2.74. The van der Waals surface area contributed by atoms with E-state index in [9.17, 15) is 14.9 Å². The van der Waals surface area contributed by atoms with E-state index in [0.717, 1.165) is 30.5 Å². The molecule has 0 radical (unpaired) electrons. The van der Waals surface area contributed by atoms with Gasteiger partial charge in [0.05, 0.1) is 10.4 Å². The third-order valence-corrected chi connectivity index (χ3v) is 5.50. The molecule has 0 aliphatic carbocycles. The van der Waals surface area contributed by atoms with Crippen LogP contribution in [0, 0.1) is 17.0 Å². The molecule has 1 saturated heterocycles. The number of rotatable bonds is 4. The van der Waals surface area contributed by atoms with Crippen molar-refractivity contribution in [2.75, 3.05) is 26.2 Å². The fourth-order valence-electron chi connectivity index (χ4n) is 3.87. The lowest BCUT2D eigenvalue weighted by Crippen LogP contribution is -2.48. The minimum absolute atomic E-state index is 0.0158. The first-order valence-corrected chi connectivity index (χ1v) is 9.63. The van der Waals surface area contributed by atoms with Crippen molar-refractivity contribution >= 4 is 22.5 Å². The van der Waals surface area contributed by atoms with E-state index in [4.69, 9.17) is 0 Å². The Balaban J connectivity index is 1.44. The number of benzene rings is 2. The molecule has 29 heavy (non-hydrogen) atoms. The van der Waals surface area contributed by atoms with Crippen LogP contribution in [0.25, 0.3) is 10.9 Å². The van der Waals surface area contributed by atoms with E-state index >= 15 is 0 Å². The molecule has 0 N–H and O–H groups in total. The largest absolute Gasteiger partial charge is 0.336 e. The van der Waals surface area contributed by atoms with Crippen molar-refractivity contribution in [1.82, 2.24) is 14.8 Å². The van der Waals surface area contributed by atoms with Crippen molar-refractivity contribution in [2.45, 2.75) is 13.5 Å². The third-order valence-electron chi connectivity index (χ3n) is 5.50. The van der Waals surface area contributed by atoms with Crippen LogP contribution in [-0.2, 0) is 6.54 Å². The number of aromatic nitrogens is 1. The molecule has 1 aliphatic rings. The number of hydrogen-bond acceptors (Lipinski definition) is 5. The number of amides is 1. The monoisotopic (exact) mass is 390 g/mol. The van der Waals surface area contributed by atoms with Gasteiger partial charge < -0.3 is 4.90 Å². The Labute approximate surface area is 168 Å². The van der Waals surface area contributed by atoms with Gasteiger partial charge in [0, 0.05) is 61.5 Å². The Morgan fingerprint density at radius 1 is 1.07 bits per heavy atom. The van der Waals surface area contributed by atoms with Gasteiger partial charge in [-0.25, -0.2) is 0 Å². The Kier molecular flexibility index (Phi) is 5.22. The Hall–Kier alpha value is -3.32. The Bertz CT molecular complexity index is 1070. The number of para-hydroxylation sites is 1. The predicted octanol–water partition coefficient (Wildman–Crippen LogP) is 3.41. The summed E-state index contributed by atoms with van der Waals surface area (Å²) in [4.78, 5) is 32.2. The van der Waals surface area contributed by atoms with Gasteiger partial charge in [0.15, 0.2) is 0 Å². The van der Waals surface area contributed by atoms with E-state index in [0.29, 0.717) is 24.2 Å². The summed E-state index contributed by atoms with van der Waals surface area (Å²) in [6, 6.07) is 14.9. The molecule has 1 aromatic heterocycles. The summed E-state index contributed by atoms with van der Waals surface area (Å²) in [5.41, 5.74) is 3.01. The number of hydrogen-bond donors (Lipinski definition) is 0. The van der Waals surface area contributed by atoms with Crippen LogP contribution in [0.4, 0.5) is 5.69 Å². The minimum atomic E-state index is -0.442. The van der Waals surface area contributed by atoms with Crippen molar-refractivity contribution in [3.05, 3.63) is 81.5 Å². The van der Waals surface area contributed by atoms with E-state index in [1.54, 1.807) is 24.0 Å². The molecule has 1 fully saturated rings. The second kappa shape index (κ2) is 7.97. The van der Waals surface area contributed by atoms with Crippen LogP contribution in [0.1, 0.15) is 21.5 Å². The van der Waals surface area contributed by atoms with Crippen LogP contribution >= 0.6 is 0 Å². The van der Waals surface area contributed by atoms with Crippen LogP contribution in [0.3, 0.4) is 0 Å². The van der Waals surface area contributed by atoms with Gasteiger partial charge in [0.1, 0.15) is 0 Å². The van der Waals surface area contributed by atoms with Crippen molar-refractivity contribution in [2.24, 2.45) is 0 Å². The number of piperazine rings is 1. The summed E-state index contributed by atoms with van der Waals surface area (Å²) in [5.74, 6) is -0.141. The molecule has 1 amide bonds. The van der Waals surface area contributed by atoms with Gasteiger partial charge in [-0.3, -0.25) is 24.8 Å². The van der Waals surface area contributed by atoms with Crippen LogP contribution in [0.5, 0.6) is 0 Å². The zero-order valence-electron chi connectivity index (χ0n) is 16.2. The van der Waals surface area contributed by atoms with E-state index in [1.165, 1.54) is 11.6 Å². The molecular weight excluding hydrogens is 368 g/mol. The standard InChI is InChI=1S/C22H22N4O3/c1-16-19(8-3-9-20(16)26(28)29)22(27)25-13-11-24(12-14-25)15-18-6-2-5-17-7-4-10-23-21(17)18/h2-10H,11-15H2,1H3. The number of nitro groups is 1. The van der Waals surface area contributed by atoms with Crippen molar-refractivity contribution < 1.29 is 9.72 Å². The highest BCUT2D eigenvalue weighted by atomic mass is 16.6. The van der Waals surface area contributed by atoms with Gasteiger partial charge in [0.25, 0.3) is 11.6 Å². The molecule has 0 spiro atoms. The molecule has 2 aromatic carbocycles. The number of carbonyl (C=O) groups is 1. The number of nitro benzene ring substituents is 1. The molecule has 3 aromatic rings. The lowest BCUT2D eigenvalue weighted by molar-refractivity contribution is -0.385. The molecule has 0 unspecified atom stereocenters. The van der Waals surface area contributed by atoms with Crippen LogP contribution in [0.2, 0.25) is 0 Å². The lowest BCUT2D eigenvalue weighted by atomic mass is 10.0. The topological polar surface area (TPSA) is 79.6 Å². The van der Waals surface area contributed by atoms with Gasteiger partial charge in [-0.05, 0) is 24.6 Å². The first-order valence-electron chi connectivity index (χ1n) is 9.63. The van der Waals surface area contributed by atoms with E-state index < -0.39 is 4.92 Å². The Morgan fingerprint density at radius 3 is 2.55 bits per heavy atom. The first-order chi connectivity index (χ1) is 14.0. The highest BCUT2D eigenvalue weighted by Gasteiger charge is 2.25. The molecule has 0 atom stereocenters. The molecular formula is C22H22N4O3. The summed E-state index contributed by atoms with van der Waals surface area (Å²) >= 11 is 0. The molecule has 2 heterocycles. The summed E-state index contributed by atoms with van der Waals surface area (Å²) in [5, 5.41) is 12.3. The fourth-order valence-corrected chi connectivity index (χ4v) is 3.87. The third kappa shape index (κ3) is 3.82. The van der Waals surface area contributed by atoms with Gasteiger partial charge in [-0.15, -0.1) is 0 Å². The van der Waals surface area contributed by atoms with Crippen LogP contribution in [-0.4, -0.2) is 51.8 Å². The second-order valence-corrected chi connectivity index (χ2v) is 7.27. The zero-order valence-corrected chi connectivity index (χ0v) is 16.2. The maximum Gasteiger partial charge on any atom is 0.273 e. The summed E-state index contributed by atoms with van der Waals surface area (Å²) in [6.45, 7) is 5.12. The normalized spacial score (nSPS) is 14.9. The van der Waals surface area contributed by atoms with Crippen molar-refractivity contribution in [3.8, 4) is 0 Å². The first kappa shape index (κ1) is 19.0. The molecule has 0 saturated carbocycles. The van der Waals surface area contributed by atoms with E-state index in [-0.39, 0.29) is 11.6 Å². The highest BCUT2D eigenvalue weighted by Crippen LogP contribution is 2.23. The molecule has 148 valence electrons. The van der Waals surface area contributed by atoms with E-state index in [1.807, 2.05) is 18.3 Å². The number of pyridine rings is 1. The number of carbonyl (C=O) groups excluding carboxylic acids is 1.